The van der Waals surface area contributed by atoms with Gasteiger partial charge in [-0.05, 0) is 43.3 Å². The van der Waals surface area contributed by atoms with Gasteiger partial charge < -0.3 is 14.5 Å². The van der Waals surface area contributed by atoms with Crippen LogP contribution in [0.25, 0.3) is 32.9 Å². The number of nitrogens with zero attached hydrogens (tertiary/aromatic N) is 6. The van der Waals surface area contributed by atoms with Crippen molar-refractivity contribution in [2.45, 2.75) is 49.6 Å². The third-order valence-corrected chi connectivity index (χ3v) is 10.1. The molecule has 8 nitrogen and oxygen atoms in total. The summed E-state index contributed by atoms with van der Waals surface area (Å²) in [4.78, 5) is 31.4. The Balaban J connectivity index is 1.34. The summed E-state index contributed by atoms with van der Waals surface area (Å²) in [5, 5.41) is 2.19. The van der Waals surface area contributed by atoms with Crippen molar-refractivity contribution in [3.63, 3.8) is 0 Å². The molecule has 0 aliphatic carbocycles. The number of ether oxygens (including phenoxy) is 1. The molecule has 0 bridgehead atoms. The van der Waals surface area contributed by atoms with Crippen molar-refractivity contribution < 1.29 is 22.7 Å². The average molecular weight is 651 g/mol. The quantitative estimate of drug-likeness (QED) is 0.222. The highest BCUT2D eigenvalue weighted by atomic mass is 35.5. The second-order valence-electron chi connectivity index (χ2n) is 12.5. The Kier molecular flexibility index (Phi) is 8.01. The number of aromatic nitrogens is 3. The number of alkyl halides is 2. The number of likely N-dealkylation sites (tertiary alicyclic amines) is 1. The zero-order chi connectivity index (χ0) is 32.2. The number of likely N-dealkylation sites (N-methyl/N-ethyl adjacent to an activating group) is 1. The van der Waals surface area contributed by atoms with E-state index in [0.29, 0.717) is 28.9 Å². The van der Waals surface area contributed by atoms with Crippen molar-refractivity contribution in [1.29, 1.82) is 0 Å². The van der Waals surface area contributed by atoms with Crippen LogP contribution >= 0.6 is 11.6 Å². The van der Waals surface area contributed by atoms with Crippen molar-refractivity contribution >= 4 is 45.0 Å². The van der Waals surface area contributed by atoms with Gasteiger partial charge in [-0.2, -0.15) is 9.97 Å². The zero-order valence-electron chi connectivity index (χ0n) is 25.4. The summed E-state index contributed by atoms with van der Waals surface area (Å²) in [6, 6.07) is 10.0. The lowest BCUT2D eigenvalue weighted by atomic mass is 9.95. The van der Waals surface area contributed by atoms with Crippen molar-refractivity contribution in [3.05, 3.63) is 66.1 Å². The van der Waals surface area contributed by atoms with Crippen LogP contribution in [0, 0.1) is 5.82 Å². The van der Waals surface area contributed by atoms with Gasteiger partial charge in [-0.3, -0.25) is 14.7 Å². The van der Waals surface area contributed by atoms with E-state index in [4.69, 9.17) is 16.3 Å². The first kappa shape index (κ1) is 30.7. The molecule has 2 aromatic heterocycles. The molecule has 12 heteroatoms. The second-order valence-corrected chi connectivity index (χ2v) is 12.9. The lowest BCUT2D eigenvalue weighted by molar-refractivity contribution is -0.127. The minimum Gasteiger partial charge on any atom is -0.461 e. The number of halogens is 4. The number of benzene rings is 2. The van der Waals surface area contributed by atoms with Crippen molar-refractivity contribution in [1.82, 2.24) is 24.8 Å². The molecule has 0 saturated carbocycles. The summed E-state index contributed by atoms with van der Waals surface area (Å²) in [6.07, 6.45) is 2.63. The molecule has 240 valence electrons. The molecule has 4 atom stereocenters. The van der Waals surface area contributed by atoms with Crippen LogP contribution in [-0.4, -0.2) is 94.4 Å². The third kappa shape index (κ3) is 5.23. The average Bonchev–Trinajstić information content (AvgIpc) is 3.59. The topological polar surface area (TPSA) is 74.7 Å². The number of pyridine rings is 1. The summed E-state index contributed by atoms with van der Waals surface area (Å²) in [7, 11) is 1.66. The number of fused-ring (bicyclic) bond motifs is 3. The molecular weight excluding hydrogens is 617 g/mol. The minimum absolute atomic E-state index is 0.0462. The van der Waals surface area contributed by atoms with Crippen LogP contribution in [0.5, 0.6) is 6.01 Å². The number of carbonyl (C=O) groups excluding carboxylic acids is 1. The summed E-state index contributed by atoms with van der Waals surface area (Å²) in [5.74, 6) is -0.790. The summed E-state index contributed by atoms with van der Waals surface area (Å²) in [6.45, 7) is 5.18. The van der Waals surface area contributed by atoms with Gasteiger partial charge >= 0.3 is 6.01 Å². The highest BCUT2D eigenvalue weighted by Crippen LogP contribution is 2.41. The van der Waals surface area contributed by atoms with Gasteiger partial charge in [0.25, 0.3) is 0 Å². The number of hydrogen-bond acceptors (Lipinski definition) is 7. The van der Waals surface area contributed by atoms with E-state index in [1.54, 1.807) is 30.1 Å². The maximum absolute atomic E-state index is 16.7. The van der Waals surface area contributed by atoms with E-state index >= 15 is 8.78 Å². The maximum atomic E-state index is 16.7. The van der Waals surface area contributed by atoms with Crippen molar-refractivity contribution in [2.24, 2.45) is 0 Å². The van der Waals surface area contributed by atoms with E-state index < -0.39 is 29.7 Å². The molecule has 0 radical (unpaired) electrons. The molecule has 0 spiro atoms. The monoisotopic (exact) mass is 650 g/mol. The van der Waals surface area contributed by atoms with Crippen LogP contribution < -0.4 is 9.64 Å². The smallest absolute Gasteiger partial charge is 0.319 e. The van der Waals surface area contributed by atoms with Crippen LogP contribution in [0.4, 0.5) is 19.0 Å². The molecule has 3 fully saturated rings. The van der Waals surface area contributed by atoms with Gasteiger partial charge in [0.1, 0.15) is 36.0 Å². The normalized spacial score (nSPS) is 24.8. The van der Waals surface area contributed by atoms with E-state index in [2.05, 4.69) is 26.4 Å². The van der Waals surface area contributed by atoms with E-state index in [0.717, 1.165) is 24.8 Å². The SMILES string of the molecule is C=CC(=O)N1CC[C@@H](F)[C@@H](N(C)c2nc(OC[C@@]34CCCN3C[C@H](F)C4)nc3c(F)c(-c4cccc5cccc(Cl)c45)ncc23)C1. The van der Waals surface area contributed by atoms with Gasteiger partial charge in [0.15, 0.2) is 5.82 Å². The molecule has 4 aromatic rings. The maximum Gasteiger partial charge on any atom is 0.319 e. The molecule has 3 aliphatic rings. The summed E-state index contributed by atoms with van der Waals surface area (Å²) in [5.41, 5.74) is 0.00454. The Morgan fingerprint density at radius 3 is 2.80 bits per heavy atom. The Hall–Kier alpha value is -3.96. The number of piperidine rings is 1. The molecular formula is C34H34ClF3N6O2. The van der Waals surface area contributed by atoms with Gasteiger partial charge in [0, 0.05) is 55.3 Å². The van der Waals surface area contributed by atoms with Gasteiger partial charge in [-0.15, -0.1) is 0 Å². The van der Waals surface area contributed by atoms with E-state index in [1.165, 1.54) is 17.2 Å². The standard InChI is InChI=1S/C34H34ClF3N6O2/c1-3-27(45)43-14-11-25(37)26(18-43)42(2)32-23-16-39-30(22-9-4-7-20-8-5-10-24(35)28(20)22)29(38)31(23)40-33(41-32)46-19-34-12-6-13-44(34)17-21(36)15-34/h3-5,7-10,16,21,25-26H,1,6,11-15,17-19H2,2H3/t21-,25-,26+,34+/m1/s1. The molecule has 1 amide bonds. The Labute approximate surface area is 269 Å². The van der Waals surface area contributed by atoms with Gasteiger partial charge in [-0.25, -0.2) is 13.2 Å². The number of hydrogen-bond donors (Lipinski definition) is 0. The zero-order valence-corrected chi connectivity index (χ0v) is 26.2. The van der Waals surface area contributed by atoms with E-state index in [-0.39, 0.29) is 60.4 Å². The first-order chi connectivity index (χ1) is 22.2. The van der Waals surface area contributed by atoms with Gasteiger partial charge in [0.05, 0.1) is 17.0 Å². The largest absolute Gasteiger partial charge is 0.461 e. The van der Waals surface area contributed by atoms with Gasteiger partial charge in [0.2, 0.25) is 5.91 Å². The van der Waals surface area contributed by atoms with Crippen LogP contribution in [0.2, 0.25) is 5.02 Å². The second kappa shape index (κ2) is 12.0. The predicted molar refractivity (Wildman–Crippen MR) is 172 cm³/mol. The highest BCUT2D eigenvalue weighted by Gasteiger charge is 2.49. The summed E-state index contributed by atoms with van der Waals surface area (Å²) >= 11 is 6.57. The fourth-order valence-corrected chi connectivity index (χ4v) is 7.72. The van der Waals surface area contributed by atoms with Gasteiger partial charge in [-0.1, -0.05) is 48.5 Å². The molecule has 2 aromatic carbocycles. The van der Waals surface area contributed by atoms with E-state index in [9.17, 15) is 9.18 Å². The molecule has 3 aliphatic heterocycles. The van der Waals surface area contributed by atoms with E-state index in [1.807, 2.05) is 18.2 Å². The first-order valence-corrected chi connectivity index (χ1v) is 15.9. The molecule has 7 rings (SSSR count). The lowest BCUT2D eigenvalue weighted by Crippen LogP contribution is -2.54. The van der Waals surface area contributed by atoms with Crippen LogP contribution in [-0.2, 0) is 4.79 Å². The van der Waals surface area contributed by atoms with Crippen molar-refractivity contribution in [2.75, 3.05) is 44.7 Å². The first-order valence-electron chi connectivity index (χ1n) is 15.5. The number of amides is 1. The molecule has 0 N–H and O–H groups in total. The molecule has 0 unspecified atom stereocenters. The fraction of sp³-hybridized carbons (Fsp3) is 0.412. The van der Waals surface area contributed by atoms with Crippen molar-refractivity contribution in [3.8, 4) is 17.3 Å². The van der Waals surface area contributed by atoms with Crippen LogP contribution in [0.15, 0.2) is 55.3 Å². The molecule has 46 heavy (non-hydrogen) atoms. The number of carbonyl (C=O) groups is 1. The summed E-state index contributed by atoms with van der Waals surface area (Å²) < 4.78 is 52.9. The number of rotatable bonds is 7. The number of anilines is 1. The Bertz CT molecular complexity index is 1840. The fourth-order valence-electron chi connectivity index (χ4n) is 7.44. The molecule has 3 saturated heterocycles. The van der Waals surface area contributed by atoms with Crippen LogP contribution in [0.3, 0.4) is 0 Å². The predicted octanol–water partition coefficient (Wildman–Crippen LogP) is 6.15. The lowest BCUT2D eigenvalue weighted by Gasteiger charge is -2.40. The van der Waals surface area contributed by atoms with Crippen LogP contribution in [0.1, 0.15) is 25.7 Å². The highest BCUT2D eigenvalue weighted by molar-refractivity contribution is 6.36. The Morgan fingerprint density at radius 1 is 1.20 bits per heavy atom. The molecule has 5 heterocycles. The third-order valence-electron chi connectivity index (χ3n) is 9.80. The minimum atomic E-state index is -1.28. The Morgan fingerprint density at radius 2 is 2.00 bits per heavy atom.